The van der Waals surface area contributed by atoms with Crippen LogP contribution in [0.2, 0.25) is 0 Å². The molecule has 0 saturated heterocycles. The van der Waals surface area contributed by atoms with E-state index in [0.29, 0.717) is 12.5 Å². The van der Waals surface area contributed by atoms with Gasteiger partial charge in [0.25, 0.3) is 0 Å². The van der Waals surface area contributed by atoms with Crippen LogP contribution in [0.1, 0.15) is 30.5 Å². The number of rotatable bonds is 4. The van der Waals surface area contributed by atoms with E-state index in [2.05, 4.69) is 15.6 Å². The Bertz CT molecular complexity index is 388. The van der Waals surface area contributed by atoms with Crippen molar-refractivity contribution in [2.75, 3.05) is 6.54 Å². The van der Waals surface area contributed by atoms with Crippen LogP contribution in [0.3, 0.4) is 0 Å². The van der Waals surface area contributed by atoms with E-state index in [-0.39, 0.29) is 6.03 Å². The van der Waals surface area contributed by atoms with Gasteiger partial charge in [0.1, 0.15) is 0 Å². The largest absolute Gasteiger partial charge is 0.338 e. The number of amides is 2. The number of carbonyl (C=O) groups is 1. The Hall–Kier alpha value is -1.58. The average molecular weight is 233 g/mol. The van der Waals surface area contributed by atoms with Crippen molar-refractivity contribution < 1.29 is 4.79 Å². The molecule has 4 nitrogen and oxygen atoms in total. The predicted molar refractivity (Wildman–Crippen MR) is 66.6 cm³/mol. The van der Waals surface area contributed by atoms with Crippen LogP contribution in [0, 0.1) is 12.8 Å². The maximum absolute atomic E-state index is 11.5. The van der Waals surface area contributed by atoms with Crippen molar-refractivity contribution in [2.45, 2.75) is 32.7 Å². The maximum Gasteiger partial charge on any atom is 0.315 e. The third kappa shape index (κ3) is 3.73. The molecule has 2 rings (SSSR count). The highest BCUT2D eigenvalue weighted by molar-refractivity contribution is 5.73. The first-order chi connectivity index (χ1) is 8.24. The number of carbonyl (C=O) groups excluding carboxylic acids is 1. The molecule has 1 saturated carbocycles. The summed E-state index contributed by atoms with van der Waals surface area (Å²) in [6.45, 7) is 3.31. The van der Waals surface area contributed by atoms with Crippen molar-refractivity contribution in [3.05, 3.63) is 29.6 Å². The summed E-state index contributed by atoms with van der Waals surface area (Å²) >= 11 is 0. The summed E-state index contributed by atoms with van der Waals surface area (Å²) in [6.07, 6.45) is 5.58. The molecule has 1 fully saturated rings. The van der Waals surface area contributed by atoms with E-state index in [1.807, 2.05) is 19.1 Å². The van der Waals surface area contributed by atoms with Crippen LogP contribution in [-0.2, 0) is 6.54 Å². The van der Waals surface area contributed by atoms with Crippen molar-refractivity contribution in [3.8, 4) is 0 Å². The van der Waals surface area contributed by atoms with Gasteiger partial charge in [-0.2, -0.15) is 0 Å². The highest BCUT2D eigenvalue weighted by Crippen LogP contribution is 2.24. The minimum absolute atomic E-state index is 0.0774. The number of urea groups is 1. The van der Waals surface area contributed by atoms with E-state index in [4.69, 9.17) is 0 Å². The third-order valence-electron chi connectivity index (χ3n) is 3.19. The van der Waals surface area contributed by atoms with E-state index in [9.17, 15) is 4.79 Å². The Morgan fingerprint density at radius 2 is 2.29 bits per heavy atom. The molecule has 0 spiro atoms. The summed E-state index contributed by atoms with van der Waals surface area (Å²) in [5.41, 5.74) is 2.05. The molecule has 4 heteroatoms. The van der Waals surface area contributed by atoms with Crippen LogP contribution in [0.4, 0.5) is 4.79 Å². The van der Waals surface area contributed by atoms with Crippen molar-refractivity contribution in [3.63, 3.8) is 0 Å². The number of nitrogens with one attached hydrogen (secondary N) is 2. The van der Waals surface area contributed by atoms with E-state index in [1.165, 1.54) is 19.3 Å². The molecule has 1 aliphatic rings. The van der Waals surface area contributed by atoms with Gasteiger partial charge in [-0.05, 0) is 43.4 Å². The normalized spacial score (nSPS) is 15.1. The van der Waals surface area contributed by atoms with Gasteiger partial charge in [0, 0.05) is 25.0 Å². The number of aryl methyl sites for hydroxylation is 1. The number of aromatic nitrogens is 1. The number of hydrogen-bond donors (Lipinski definition) is 2. The second kappa shape index (κ2) is 5.66. The van der Waals surface area contributed by atoms with Crippen molar-refractivity contribution in [2.24, 2.45) is 5.92 Å². The lowest BCUT2D eigenvalue weighted by Gasteiger charge is -2.25. The monoisotopic (exact) mass is 233 g/mol. The van der Waals surface area contributed by atoms with E-state index >= 15 is 0 Å². The van der Waals surface area contributed by atoms with E-state index in [1.54, 1.807) is 6.20 Å². The van der Waals surface area contributed by atoms with Crippen molar-refractivity contribution >= 4 is 6.03 Å². The first-order valence-electron chi connectivity index (χ1n) is 6.17. The molecule has 0 unspecified atom stereocenters. The summed E-state index contributed by atoms with van der Waals surface area (Å²) in [5, 5.41) is 5.76. The minimum atomic E-state index is -0.0774. The quantitative estimate of drug-likeness (QED) is 0.835. The van der Waals surface area contributed by atoms with Gasteiger partial charge in [0.05, 0.1) is 0 Å². The molecule has 2 amide bonds. The van der Waals surface area contributed by atoms with Gasteiger partial charge < -0.3 is 10.6 Å². The highest BCUT2D eigenvalue weighted by atomic mass is 16.2. The fourth-order valence-corrected chi connectivity index (χ4v) is 1.89. The first-order valence-corrected chi connectivity index (χ1v) is 6.17. The van der Waals surface area contributed by atoms with Crippen LogP contribution in [0.15, 0.2) is 18.3 Å². The lowest BCUT2D eigenvalue weighted by molar-refractivity contribution is 0.232. The van der Waals surface area contributed by atoms with E-state index < -0.39 is 0 Å². The zero-order valence-corrected chi connectivity index (χ0v) is 10.2. The Kier molecular flexibility index (Phi) is 3.96. The topological polar surface area (TPSA) is 54.0 Å². The molecule has 0 atom stereocenters. The van der Waals surface area contributed by atoms with Crippen LogP contribution < -0.4 is 10.6 Å². The Morgan fingerprint density at radius 3 is 2.94 bits per heavy atom. The third-order valence-corrected chi connectivity index (χ3v) is 3.19. The van der Waals surface area contributed by atoms with Crippen LogP contribution in [0.25, 0.3) is 0 Å². The fraction of sp³-hybridized carbons (Fsp3) is 0.538. The molecule has 0 aliphatic heterocycles. The first kappa shape index (κ1) is 11.9. The molecule has 2 N–H and O–H groups in total. The number of pyridine rings is 1. The molecule has 1 aromatic heterocycles. The molecule has 0 radical (unpaired) electrons. The summed E-state index contributed by atoms with van der Waals surface area (Å²) in [5.74, 6) is 0.698. The average Bonchev–Trinajstić information content (AvgIpc) is 2.24. The molecule has 17 heavy (non-hydrogen) atoms. The summed E-state index contributed by atoms with van der Waals surface area (Å²) < 4.78 is 0. The Labute approximate surface area is 102 Å². The zero-order chi connectivity index (χ0) is 12.1. The molecule has 1 heterocycles. The zero-order valence-electron chi connectivity index (χ0n) is 10.2. The minimum Gasteiger partial charge on any atom is -0.338 e. The lowest BCUT2D eigenvalue weighted by atomic mass is 9.85. The maximum atomic E-state index is 11.5. The summed E-state index contributed by atoms with van der Waals surface area (Å²) in [4.78, 5) is 15.6. The predicted octanol–water partition coefficient (Wildman–Crippen LogP) is 1.99. The SMILES string of the molecule is Cc1cc(CNC(=O)NCC2CCC2)ccn1. The Morgan fingerprint density at radius 1 is 1.47 bits per heavy atom. The molecule has 1 aromatic rings. The summed E-state index contributed by atoms with van der Waals surface area (Å²) in [6, 6.07) is 3.82. The van der Waals surface area contributed by atoms with Gasteiger partial charge >= 0.3 is 6.03 Å². The second-order valence-electron chi connectivity index (χ2n) is 4.67. The van der Waals surface area contributed by atoms with E-state index in [0.717, 1.165) is 17.8 Å². The van der Waals surface area contributed by atoms with Gasteiger partial charge in [-0.1, -0.05) is 6.42 Å². The molecular formula is C13H19N3O. The number of hydrogen-bond acceptors (Lipinski definition) is 2. The number of nitrogens with zero attached hydrogens (tertiary/aromatic N) is 1. The lowest BCUT2D eigenvalue weighted by Crippen LogP contribution is -2.39. The Balaban J connectivity index is 1.68. The summed E-state index contributed by atoms with van der Waals surface area (Å²) in [7, 11) is 0. The van der Waals surface area contributed by atoms with Gasteiger partial charge in [-0.15, -0.1) is 0 Å². The molecule has 0 aromatic carbocycles. The van der Waals surface area contributed by atoms with Crippen molar-refractivity contribution in [1.29, 1.82) is 0 Å². The van der Waals surface area contributed by atoms with Crippen LogP contribution >= 0.6 is 0 Å². The standard InChI is InChI=1S/C13H19N3O/c1-10-7-12(5-6-14-10)9-16-13(17)15-8-11-3-2-4-11/h5-7,11H,2-4,8-9H2,1H3,(H2,15,16,17). The van der Waals surface area contributed by atoms with Gasteiger partial charge in [-0.25, -0.2) is 4.79 Å². The van der Waals surface area contributed by atoms with Gasteiger partial charge in [0.2, 0.25) is 0 Å². The van der Waals surface area contributed by atoms with Crippen molar-refractivity contribution in [1.82, 2.24) is 15.6 Å². The smallest absolute Gasteiger partial charge is 0.315 e. The van der Waals surface area contributed by atoms with Gasteiger partial charge in [0.15, 0.2) is 0 Å². The molecule has 1 aliphatic carbocycles. The van der Waals surface area contributed by atoms with Gasteiger partial charge in [-0.3, -0.25) is 4.98 Å². The molecule has 92 valence electrons. The molecular weight excluding hydrogens is 214 g/mol. The highest BCUT2D eigenvalue weighted by Gasteiger charge is 2.17. The fourth-order valence-electron chi connectivity index (χ4n) is 1.89. The van der Waals surface area contributed by atoms with Crippen LogP contribution in [-0.4, -0.2) is 17.6 Å². The van der Waals surface area contributed by atoms with Crippen LogP contribution in [0.5, 0.6) is 0 Å². The molecule has 0 bridgehead atoms. The second-order valence-corrected chi connectivity index (χ2v) is 4.67.